The van der Waals surface area contributed by atoms with E-state index in [2.05, 4.69) is 11.9 Å². The van der Waals surface area contributed by atoms with Crippen LogP contribution in [0.1, 0.15) is 19.3 Å². The first kappa shape index (κ1) is 6.81. The first-order valence-corrected chi connectivity index (χ1v) is 3.75. The maximum atomic E-state index is 3.63. The Labute approximate surface area is 57.1 Å². The smallest absolute Gasteiger partial charge is 0.0132 e. The van der Waals surface area contributed by atoms with Crippen LogP contribution < -0.4 is 5.32 Å². The number of nitrogens with one attached hydrogen (secondary N) is 1. The van der Waals surface area contributed by atoms with E-state index in [4.69, 9.17) is 0 Å². The molecule has 1 rings (SSSR count). The molecule has 1 heteroatoms. The van der Waals surface area contributed by atoms with Gasteiger partial charge in [0.05, 0.1) is 0 Å². The minimum Gasteiger partial charge on any atom is -0.313 e. The normalized spacial score (nSPS) is 17.8. The van der Waals surface area contributed by atoms with E-state index in [0.29, 0.717) is 0 Å². The van der Waals surface area contributed by atoms with Crippen LogP contribution in [0.5, 0.6) is 0 Å². The SMILES string of the molecule is C=CCNCCC1CC1. The monoisotopic (exact) mass is 125 g/mol. The van der Waals surface area contributed by atoms with E-state index in [9.17, 15) is 0 Å². The molecule has 1 aliphatic rings. The van der Waals surface area contributed by atoms with Gasteiger partial charge >= 0.3 is 0 Å². The van der Waals surface area contributed by atoms with Crippen molar-refractivity contribution < 1.29 is 0 Å². The highest BCUT2D eigenvalue weighted by Gasteiger charge is 2.19. The standard InChI is InChI=1S/C8H15N/c1-2-6-9-7-5-8-3-4-8/h2,8-9H,1,3-7H2. The molecule has 1 N–H and O–H groups in total. The van der Waals surface area contributed by atoms with Crippen molar-refractivity contribution in [1.82, 2.24) is 5.32 Å². The third kappa shape index (κ3) is 3.31. The fourth-order valence-corrected chi connectivity index (χ4v) is 0.917. The molecule has 1 nitrogen and oxygen atoms in total. The molecule has 1 fully saturated rings. The first-order chi connectivity index (χ1) is 4.43. The summed E-state index contributed by atoms with van der Waals surface area (Å²) in [7, 11) is 0. The fourth-order valence-electron chi connectivity index (χ4n) is 0.917. The van der Waals surface area contributed by atoms with Crippen molar-refractivity contribution in [1.29, 1.82) is 0 Å². The van der Waals surface area contributed by atoms with Crippen molar-refractivity contribution in [2.75, 3.05) is 13.1 Å². The van der Waals surface area contributed by atoms with Crippen molar-refractivity contribution in [2.24, 2.45) is 5.92 Å². The largest absolute Gasteiger partial charge is 0.313 e. The molecule has 0 saturated heterocycles. The van der Waals surface area contributed by atoms with Crippen molar-refractivity contribution in [2.45, 2.75) is 19.3 Å². The second-order valence-electron chi connectivity index (χ2n) is 2.72. The van der Waals surface area contributed by atoms with Gasteiger partial charge in [-0.25, -0.2) is 0 Å². The topological polar surface area (TPSA) is 12.0 Å². The van der Waals surface area contributed by atoms with Crippen molar-refractivity contribution in [3.8, 4) is 0 Å². The Morgan fingerprint density at radius 3 is 2.89 bits per heavy atom. The summed E-state index contributed by atoms with van der Waals surface area (Å²) in [4.78, 5) is 0. The number of rotatable bonds is 5. The maximum absolute atomic E-state index is 3.63. The highest BCUT2D eigenvalue weighted by molar-refractivity contribution is 4.75. The minimum absolute atomic E-state index is 0.965. The van der Waals surface area contributed by atoms with Crippen LogP contribution in [-0.4, -0.2) is 13.1 Å². The van der Waals surface area contributed by atoms with E-state index >= 15 is 0 Å². The van der Waals surface area contributed by atoms with Gasteiger partial charge in [-0.2, -0.15) is 0 Å². The predicted molar refractivity (Wildman–Crippen MR) is 40.4 cm³/mol. The van der Waals surface area contributed by atoms with E-state index in [0.717, 1.165) is 12.5 Å². The van der Waals surface area contributed by atoms with E-state index < -0.39 is 0 Å². The third-order valence-electron chi connectivity index (χ3n) is 1.71. The van der Waals surface area contributed by atoms with Crippen LogP contribution >= 0.6 is 0 Å². The van der Waals surface area contributed by atoms with Crippen LogP contribution in [0, 0.1) is 5.92 Å². The zero-order valence-corrected chi connectivity index (χ0v) is 5.90. The first-order valence-electron chi connectivity index (χ1n) is 3.75. The second kappa shape index (κ2) is 3.67. The Balaban J connectivity index is 1.75. The lowest BCUT2D eigenvalue weighted by Crippen LogP contribution is -2.14. The number of hydrogen-bond donors (Lipinski definition) is 1. The van der Waals surface area contributed by atoms with Crippen LogP contribution in [-0.2, 0) is 0 Å². The molecule has 0 aromatic rings. The van der Waals surface area contributed by atoms with Gasteiger partial charge in [0.15, 0.2) is 0 Å². The molecule has 1 aliphatic carbocycles. The van der Waals surface area contributed by atoms with Crippen LogP contribution in [0.2, 0.25) is 0 Å². The molecule has 9 heavy (non-hydrogen) atoms. The second-order valence-corrected chi connectivity index (χ2v) is 2.72. The van der Waals surface area contributed by atoms with E-state index in [1.165, 1.54) is 25.8 Å². The summed E-state index contributed by atoms with van der Waals surface area (Å²) in [6.07, 6.45) is 6.21. The quantitative estimate of drug-likeness (QED) is 0.434. The molecule has 1 saturated carbocycles. The van der Waals surface area contributed by atoms with Gasteiger partial charge in [0.2, 0.25) is 0 Å². The molecule has 0 bridgehead atoms. The Morgan fingerprint density at radius 1 is 1.56 bits per heavy atom. The molecule has 0 heterocycles. The van der Waals surface area contributed by atoms with E-state index in [-0.39, 0.29) is 0 Å². The van der Waals surface area contributed by atoms with Crippen molar-refractivity contribution >= 4 is 0 Å². The van der Waals surface area contributed by atoms with Crippen molar-refractivity contribution in [3.63, 3.8) is 0 Å². The van der Waals surface area contributed by atoms with Crippen LogP contribution in [0.25, 0.3) is 0 Å². The Hall–Kier alpha value is -0.300. The molecule has 0 amide bonds. The Morgan fingerprint density at radius 2 is 2.33 bits per heavy atom. The lowest BCUT2D eigenvalue weighted by molar-refractivity contribution is 0.644. The Kier molecular flexibility index (Phi) is 2.78. The molecule has 0 unspecified atom stereocenters. The maximum Gasteiger partial charge on any atom is 0.0132 e. The van der Waals surface area contributed by atoms with Gasteiger partial charge < -0.3 is 5.32 Å². The summed E-state index contributed by atoms with van der Waals surface area (Å²) in [5.41, 5.74) is 0. The molecule has 52 valence electrons. The fraction of sp³-hybridized carbons (Fsp3) is 0.750. The molecule has 0 spiro atoms. The molecular formula is C8H15N. The van der Waals surface area contributed by atoms with Gasteiger partial charge in [0, 0.05) is 6.54 Å². The molecular weight excluding hydrogens is 110 g/mol. The van der Waals surface area contributed by atoms with Gasteiger partial charge in [-0.3, -0.25) is 0 Å². The summed E-state index contributed by atoms with van der Waals surface area (Å²) in [6, 6.07) is 0. The lowest BCUT2D eigenvalue weighted by atomic mass is 10.3. The van der Waals surface area contributed by atoms with Gasteiger partial charge in [-0.1, -0.05) is 18.9 Å². The van der Waals surface area contributed by atoms with Gasteiger partial charge in [-0.05, 0) is 18.9 Å². The minimum atomic E-state index is 0.965. The summed E-state index contributed by atoms with van der Waals surface area (Å²) in [5.74, 6) is 1.06. The zero-order chi connectivity index (χ0) is 6.53. The van der Waals surface area contributed by atoms with Gasteiger partial charge in [0.25, 0.3) is 0 Å². The van der Waals surface area contributed by atoms with E-state index in [1.807, 2.05) is 6.08 Å². The molecule has 0 aliphatic heterocycles. The van der Waals surface area contributed by atoms with E-state index in [1.54, 1.807) is 0 Å². The predicted octanol–water partition coefficient (Wildman–Crippen LogP) is 1.56. The van der Waals surface area contributed by atoms with Crippen LogP contribution in [0.15, 0.2) is 12.7 Å². The summed E-state index contributed by atoms with van der Waals surface area (Å²) in [5, 5.41) is 3.29. The van der Waals surface area contributed by atoms with Gasteiger partial charge in [0.1, 0.15) is 0 Å². The Bertz CT molecular complexity index is 84.6. The highest BCUT2D eigenvalue weighted by Crippen LogP contribution is 2.31. The molecule has 0 atom stereocenters. The van der Waals surface area contributed by atoms with Crippen molar-refractivity contribution in [3.05, 3.63) is 12.7 Å². The summed E-state index contributed by atoms with van der Waals surface area (Å²) < 4.78 is 0. The van der Waals surface area contributed by atoms with Crippen LogP contribution in [0.3, 0.4) is 0 Å². The zero-order valence-electron chi connectivity index (χ0n) is 5.90. The van der Waals surface area contributed by atoms with Gasteiger partial charge in [-0.15, -0.1) is 6.58 Å². The molecule has 0 radical (unpaired) electrons. The number of hydrogen-bond acceptors (Lipinski definition) is 1. The highest BCUT2D eigenvalue weighted by atomic mass is 14.8. The average Bonchev–Trinajstić information content (AvgIpc) is 2.63. The molecule has 0 aromatic carbocycles. The summed E-state index contributed by atoms with van der Waals surface area (Å²) >= 11 is 0. The third-order valence-corrected chi connectivity index (χ3v) is 1.71. The average molecular weight is 125 g/mol. The molecule has 0 aromatic heterocycles. The van der Waals surface area contributed by atoms with Crippen LogP contribution in [0.4, 0.5) is 0 Å². The lowest BCUT2D eigenvalue weighted by Gasteiger charge is -1.97. The summed E-state index contributed by atoms with van der Waals surface area (Å²) in [6.45, 7) is 5.77.